The van der Waals surface area contributed by atoms with Crippen molar-refractivity contribution >= 4 is 19.9 Å². The topological polar surface area (TPSA) is 63.6 Å². The van der Waals surface area contributed by atoms with E-state index >= 15 is 0 Å². The van der Waals surface area contributed by atoms with E-state index in [9.17, 15) is 14.7 Å². The Labute approximate surface area is 183 Å². The van der Waals surface area contributed by atoms with Crippen molar-refractivity contribution in [3.63, 3.8) is 0 Å². The van der Waals surface area contributed by atoms with Crippen molar-refractivity contribution in [3.8, 4) is 0 Å². The largest absolute Gasteiger partial charge is 0.411 e. The molecule has 0 aliphatic heterocycles. The highest BCUT2D eigenvalue weighted by Crippen LogP contribution is 2.65. The van der Waals surface area contributed by atoms with Crippen LogP contribution in [0.5, 0.6) is 0 Å². The Morgan fingerprint density at radius 3 is 2.30 bits per heavy atom. The van der Waals surface area contributed by atoms with Crippen molar-refractivity contribution in [2.75, 3.05) is 0 Å². The maximum atomic E-state index is 12.9. The molecule has 0 heterocycles. The van der Waals surface area contributed by atoms with E-state index in [2.05, 4.69) is 47.7 Å². The predicted molar refractivity (Wildman–Crippen MR) is 121 cm³/mol. The van der Waals surface area contributed by atoms with Crippen LogP contribution < -0.4 is 0 Å². The normalized spacial score (nSPS) is 44.3. The molecule has 30 heavy (non-hydrogen) atoms. The van der Waals surface area contributed by atoms with E-state index in [4.69, 9.17) is 4.43 Å². The molecule has 7 atom stereocenters. The van der Waals surface area contributed by atoms with Crippen LogP contribution in [0.15, 0.2) is 11.6 Å². The fourth-order valence-electron chi connectivity index (χ4n) is 6.98. The maximum Gasteiger partial charge on any atom is 0.192 e. The molecule has 0 spiro atoms. The number of ketones is 2. The number of carbonyl (C=O) groups is 2. The molecular weight excluding hydrogens is 392 g/mol. The summed E-state index contributed by atoms with van der Waals surface area (Å²) in [6.45, 7) is 15.6. The molecule has 168 valence electrons. The number of carbonyl (C=O) groups excluding carboxylic acids is 2. The van der Waals surface area contributed by atoms with Gasteiger partial charge < -0.3 is 9.53 Å². The van der Waals surface area contributed by atoms with Gasteiger partial charge in [0.05, 0.1) is 6.10 Å². The predicted octanol–water partition coefficient (Wildman–Crippen LogP) is 5.06. The molecule has 0 aromatic rings. The lowest BCUT2D eigenvalue weighted by Gasteiger charge is -2.61. The number of Topliss-reactive ketones (excluding diaryl/α,β-unsaturated/α-hetero) is 1. The molecule has 0 aromatic carbocycles. The monoisotopic (exact) mass is 432 g/mol. The molecule has 0 saturated heterocycles. The van der Waals surface area contributed by atoms with Gasteiger partial charge in [-0.1, -0.05) is 34.6 Å². The summed E-state index contributed by atoms with van der Waals surface area (Å²) in [4.78, 5) is 25.2. The molecule has 3 fully saturated rings. The quantitative estimate of drug-likeness (QED) is 0.620. The van der Waals surface area contributed by atoms with Gasteiger partial charge in [-0.15, -0.1) is 0 Å². The Kier molecular flexibility index (Phi) is 5.12. The van der Waals surface area contributed by atoms with Crippen LogP contribution in [0, 0.1) is 28.6 Å². The molecule has 0 aromatic heterocycles. The van der Waals surface area contributed by atoms with Crippen LogP contribution in [-0.2, 0) is 14.0 Å². The number of aliphatic hydroxyl groups excluding tert-OH is 1. The molecule has 4 rings (SSSR count). The van der Waals surface area contributed by atoms with Crippen LogP contribution >= 0.6 is 0 Å². The number of fused-ring (bicyclic) bond motifs is 5. The Morgan fingerprint density at radius 1 is 1.03 bits per heavy atom. The van der Waals surface area contributed by atoms with Crippen LogP contribution in [0.3, 0.4) is 0 Å². The van der Waals surface area contributed by atoms with Gasteiger partial charge in [-0.05, 0) is 78.6 Å². The second kappa shape index (κ2) is 6.86. The summed E-state index contributed by atoms with van der Waals surface area (Å²) >= 11 is 0. The van der Waals surface area contributed by atoms with Gasteiger partial charge in [0.1, 0.15) is 11.9 Å². The van der Waals surface area contributed by atoms with Crippen LogP contribution in [0.25, 0.3) is 0 Å². The Balaban J connectivity index is 1.82. The molecule has 4 aliphatic rings. The second-order valence-electron chi connectivity index (χ2n) is 12.5. The standard InChI is InChI=1S/C25H40O4Si/c1-23(2,3)30(6,7)29-22-20-16-8-9-19(27)25(16,5)13-11-17(20)24(4)12-10-15(26)14-18(24)21(22)28/h14,16-17,20-22,28H,8-13H2,1-7H3/t16?,17?,20?,21-,22-,24-,25+/m1/s1. The summed E-state index contributed by atoms with van der Waals surface area (Å²) in [6, 6.07) is 0. The average molecular weight is 433 g/mol. The first-order chi connectivity index (χ1) is 13.7. The lowest BCUT2D eigenvalue weighted by Crippen LogP contribution is -2.63. The molecule has 4 aliphatic carbocycles. The molecule has 5 heteroatoms. The van der Waals surface area contributed by atoms with Gasteiger partial charge >= 0.3 is 0 Å². The van der Waals surface area contributed by atoms with E-state index in [1.165, 1.54) is 0 Å². The second-order valence-corrected chi connectivity index (χ2v) is 17.2. The van der Waals surface area contributed by atoms with E-state index in [-0.39, 0.29) is 39.6 Å². The van der Waals surface area contributed by atoms with Crippen molar-refractivity contribution in [2.45, 2.75) is 103 Å². The van der Waals surface area contributed by atoms with Gasteiger partial charge in [0.25, 0.3) is 0 Å². The van der Waals surface area contributed by atoms with Gasteiger partial charge in [0, 0.05) is 18.3 Å². The summed E-state index contributed by atoms with van der Waals surface area (Å²) in [6.07, 6.45) is 5.50. The van der Waals surface area contributed by atoms with Crippen molar-refractivity contribution < 1.29 is 19.1 Å². The van der Waals surface area contributed by atoms with E-state index in [1.54, 1.807) is 6.08 Å². The first kappa shape index (κ1) is 22.4. The van der Waals surface area contributed by atoms with Gasteiger partial charge in [-0.2, -0.15) is 0 Å². The molecule has 4 nitrogen and oxygen atoms in total. The minimum Gasteiger partial charge on any atom is -0.411 e. The zero-order chi connectivity index (χ0) is 22.3. The van der Waals surface area contributed by atoms with Crippen molar-refractivity contribution in [1.82, 2.24) is 0 Å². The highest BCUT2D eigenvalue weighted by molar-refractivity contribution is 6.74. The Bertz CT molecular complexity index is 793. The van der Waals surface area contributed by atoms with E-state index in [0.29, 0.717) is 24.5 Å². The van der Waals surface area contributed by atoms with E-state index in [0.717, 1.165) is 31.3 Å². The molecule has 1 N–H and O–H groups in total. The lowest BCUT2D eigenvalue weighted by molar-refractivity contribution is -0.151. The fourth-order valence-corrected chi connectivity index (χ4v) is 8.30. The lowest BCUT2D eigenvalue weighted by atomic mass is 9.46. The third-order valence-electron chi connectivity index (χ3n) is 9.97. The number of rotatable bonds is 2. The van der Waals surface area contributed by atoms with E-state index in [1.807, 2.05) is 0 Å². The molecule has 0 amide bonds. The third kappa shape index (κ3) is 3.06. The highest BCUT2D eigenvalue weighted by Gasteiger charge is 2.64. The van der Waals surface area contributed by atoms with E-state index < -0.39 is 14.4 Å². The minimum atomic E-state index is -2.15. The summed E-state index contributed by atoms with van der Waals surface area (Å²) in [5.41, 5.74) is 0.451. The molecule has 0 radical (unpaired) electrons. The Morgan fingerprint density at radius 2 is 1.67 bits per heavy atom. The highest BCUT2D eigenvalue weighted by atomic mass is 28.4. The zero-order valence-electron chi connectivity index (χ0n) is 19.9. The minimum absolute atomic E-state index is 0.0310. The van der Waals surface area contributed by atoms with Crippen LogP contribution in [-0.4, -0.2) is 37.2 Å². The first-order valence-electron chi connectivity index (χ1n) is 11.9. The average Bonchev–Trinajstić information content (AvgIpc) is 2.94. The smallest absolute Gasteiger partial charge is 0.192 e. The first-order valence-corrected chi connectivity index (χ1v) is 14.8. The van der Waals surface area contributed by atoms with Crippen LogP contribution in [0.2, 0.25) is 18.1 Å². The summed E-state index contributed by atoms with van der Waals surface area (Å²) in [7, 11) is -2.15. The maximum absolute atomic E-state index is 12.9. The molecule has 0 bridgehead atoms. The number of hydrogen-bond donors (Lipinski definition) is 1. The van der Waals surface area contributed by atoms with Crippen LogP contribution in [0.4, 0.5) is 0 Å². The van der Waals surface area contributed by atoms with Crippen molar-refractivity contribution in [1.29, 1.82) is 0 Å². The van der Waals surface area contributed by atoms with Crippen molar-refractivity contribution in [2.24, 2.45) is 28.6 Å². The van der Waals surface area contributed by atoms with Crippen LogP contribution in [0.1, 0.15) is 73.1 Å². The van der Waals surface area contributed by atoms with Gasteiger partial charge in [-0.25, -0.2) is 0 Å². The number of aliphatic hydroxyl groups is 1. The SMILES string of the molecule is CC(C)(C)[Si](C)(C)O[C@@H]1C2C(CC[C@]3(C)C(=O)CCC23)[C@@]2(C)CCC(=O)C=C2[C@H]1O. The summed E-state index contributed by atoms with van der Waals surface area (Å²) in [5.74, 6) is 1.33. The van der Waals surface area contributed by atoms with Gasteiger partial charge in [0.2, 0.25) is 0 Å². The summed E-state index contributed by atoms with van der Waals surface area (Å²) < 4.78 is 6.97. The zero-order valence-corrected chi connectivity index (χ0v) is 20.9. The Hall–Kier alpha value is -0.783. The van der Waals surface area contributed by atoms with Gasteiger partial charge in [-0.3, -0.25) is 9.59 Å². The molecule has 3 saturated carbocycles. The van der Waals surface area contributed by atoms with Crippen molar-refractivity contribution in [3.05, 3.63) is 11.6 Å². The molecule has 3 unspecified atom stereocenters. The summed E-state index contributed by atoms with van der Waals surface area (Å²) in [5, 5.41) is 11.7. The number of hydrogen-bond acceptors (Lipinski definition) is 4. The third-order valence-corrected chi connectivity index (χ3v) is 14.4. The molecular formula is C25H40O4Si. The fraction of sp³-hybridized carbons (Fsp3) is 0.840. The van der Waals surface area contributed by atoms with Gasteiger partial charge in [0.15, 0.2) is 14.1 Å².